The number of nitrogens with zero attached hydrogens (tertiary/aromatic N) is 1. The molecule has 0 aromatic rings. The van der Waals surface area contributed by atoms with E-state index in [4.69, 9.17) is 21.1 Å². The topological polar surface area (TPSA) is 171 Å². The highest BCUT2D eigenvalue weighted by atomic mass is 16.3. The number of aliphatic hydroxyl groups is 3. The van der Waals surface area contributed by atoms with Gasteiger partial charge in [0.1, 0.15) is 0 Å². The van der Waals surface area contributed by atoms with Crippen LogP contribution < -0.4 is 26.4 Å². The first-order chi connectivity index (χ1) is 10.2. The lowest BCUT2D eigenvalue weighted by Crippen LogP contribution is -2.35. The molecule has 0 saturated carbocycles. The second-order valence-electron chi connectivity index (χ2n) is 3.66. The lowest BCUT2D eigenvalue weighted by Gasteiger charge is -2.21. The fraction of sp³-hybridized carbons (Fsp3) is 1.00. The van der Waals surface area contributed by atoms with Crippen molar-refractivity contribution in [1.82, 2.24) is 10.2 Å². The fourth-order valence-corrected chi connectivity index (χ4v) is 1.02. The van der Waals surface area contributed by atoms with Crippen LogP contribution in [-0.4, -0.2) is 99.1 Å². The first kappa shape index (κ1) is 25.6. The number of nitrogens with one attached hydrogen (secondary N) is 1. The Labute approximate surface area is 126 Å². The highest BCUT2D eigenvalue weighted by molar-refractivity contribution is 4.53. The van der Waals surface area contributed by atoms with Crippen LogP contribution in [0, 0.1) is 0 Å². The van der Waals surface area contributed by atoms with Gasteiger partial charge in [-0.2, -0.15) is 0 Å². The largest absolute Gasteiger partial charge is 0.854 e. The molecule has 0 spiro atoms. The molecule has 0 saturated heterocycles. The summed E-state index contributed by atoms with van der Waals surface area (Å²) < 4.78 is 0. The van der Waals surface area contributed by atoms with Gasteiger partial charge in [0.05, 0.1) is 19.8 Å². The van der Waals surface area contributed by atoms with Crippen LogP contribution in [-0.2, 0) is 0 Å². The molecule has 21 heavy (non-hydrogen) atoms. The zero-order chi connectivity index (χ0) is 16.8. The van der Waals surface area contributed by atoms with Gasteiger partial charge in [0.2, 0.25) is 0 Å². The Bertz CT molecular complexity index is 137. The average Bonchev–Trinajstić information content (AvgIpc) is 2.50. The third kappa shape index (κ3) is 32.8. The lowest BCUT2D eigenvalue weighted by atomic mass is 10.4. The normalized spacial score (nSPS) is 9.71. The number of hydrogen-bond donors (Lipinski definition) is 5. The molecule has 0 unspecified atom stereocenters. The van der Waals surface area contributed by atoms with E-state index in [9.17, 15) is 15.3 Å². The van der Waals surface area contributed by atoms with Crippen molar-refractivity contribution >= 4 is 0 Å². The van der Waals surface area contributed by atoms with E-state index in [1.807, 2.05) is 0 Å². The smallest absolute Gasteiger partial charge is 0.0558 e. The summed E-state index contributed by atoms with van der Waals surface area (Å²) in [5, 5.41) is 56.7. The molecule has 0 aliphatic carbocycles. The first-order valence-electron chi connectivity index (χ1n) is 6.88. The molecule has 0 fully saturated rings. The van der Waals surface area contributed by atoms with E-state index in [1.165, 1.54) is 0 Å². The van der Waals surface area contributed by atoms with E-state index >= 15 is 0 Å². The minimum atomic E-state index is -0.181. The standard InChI is InChI=1S/C6H14NO3.C4H10NO2.C2H6NO/c8-4-1-7(2-5-9)3-6-10;6-3-1-5-2-4-7;3-1-2-4/h8-9H,1-6H2;5-6H,1-4H2;1-3H2/q3*-1. The van der Waals surface area contributed by atoms with Gasteiger partial charge in [-0.1, -0.05) is 0 Å². The quantitative estimate of drug-likeness (QED) is 0.233. The zero-order valence-electron chi connectivity index (χ0n) is 12.6. The molecule has 9 heteroatoms. The molecule has 0 aromatic heterocycles. The minimum Gasteiger partial charge on any atom is -0.854 e. The summed E-state index contributed by atoms with van der Waals surface area (Å²) in [7, 11) is 0. The Kier molecular flexibility index (Phi) is 34.0. The Morgan fingerprint density at radius 2 is 1.29 bits per heavy atom. The van der Waals surface area contributed by atoms with E-state index in [2.05, 4.69) is 5.32 Å². The molecule has 0 bridgehead atoms. The molecule has 0 amide bonds. The van der Waals surface area contributed by atoms with Crippen LogP contribution in [0.2, 0.25) is 0 Å². The molecule has 0 aliphatic rings. The van der Waals surface area contributed by atoms with Gasteiger partial charge in [0.15, 0.2) is 0 Å². The van der Waals surface area contributed by atoms with Crippen LogP contribution in [0.25, 0.3) is 0 Å². The van der Waals surface area contributed by atoms with Gasteiger partial charge in [-0.15, -0.1) is 19.8 Å². The van der Waals surface area contributed by atoms with Crippen molar-refractivity contribution in [1.29, 1.82) is 0 Å². The van der Waals surface area contributed by atoms with Crippen LogP contribution in [0.5, 0.6) is 0 Å². The SMILES string of the molecule is NCC[O-].[O-]CCN(CCO)CCO.[O-]CCNCCO. The molecule has 0 radical (unpaired) electrons. The second-order valence-corrected chi connectivity index (χ2v) is 3.66. The Hall–Kier alpha value is -0.360. The van der Waals surface area contributed by atoms with Crippen LogP contribution in [0.15, 0.2) is 0 Å². The van der Waals surface area contributed by atoms with E-state index in [1.54, 1.807) is 4.90 Å². The maximum absolute atomic E-state index is 10.1. The molecule has 9 nitrogen and oxygen atoms in total. The van der Waals surface area contributed by atoms with E-state index in [0.717, 1.165) is 0 Å². The maximum Gasteiger partial charge on any atom is 0.0558 e. The molecule has 0 aliphatic heterocycles. The zero-order valence-corrected chi connectivity index (χ0v) is 12.6. The molecule has 0 heterocycles. The van der Waals surface area contributed by atoms with Crippen molar-refractivity contribution in [2.75, 3.05) is 78.9 Å². The van der Waals surface area contributed by atoms with Crippen LogP contribution >= 0.6 is 0 Å². The number of rotatable bonds is 11. The summed E-state index contributed by atoms with van der Waals surface area (Å²) in [6.45, 7) is 2.36. The molecule has 132 valence electrons. The molecule has 0 atom stereocenters. The summed E-state index contributed by atoms with van der Waals surface area (Å²) in [5.74, 6) is 0. The van der Waals surface area contributed by atoms with Gasteiger partial charge >= 0.3 is 0 Å². The van der Waals surface area contributed by atoms with Gasteiger partial charge in [-0.05, 0) is 19.6 Å². The van der Waals surface area contributed by atoms with Gasteiger partial charge in [-0.25, -0.2) is 0 Å². The predicted octanol–water partition coefficient (Wildman–Crippen LogP) is -6.13. The molecular formula is C12H30N3O6-3. The molecule has 6 N–H and O–H groups in total. The predicted molar refractivity (Wildman–Crippen MR) is 74.2 cm³/mol. The van der Waals surface area contributed by atoms with Crippen molar-refractivity contribution in [2.24, 2.45) is 5.73 Å². The monoisotopic (exact) mass is 312 g/mol. The lowest BCUT2D eigenvalue weighted by molar-refractivity contribution is -0.369. The molecule has 0 aromatic carbocycles. The fourth-order valence-electron chi connectivity index (χ4n) is 1.02. The summed E-state index contributed by atoms with van der Waals surface area (Å²) in [6, 6.07) is 0. The van der Waals surface area contributed by atoms with E-state index < -0.39 is 0 Å². The van der Waals surface area contributed by atoms with Crippen molar-refractivity contribution < 1.29 is 30.6 Å². The highest BCUT2D eigenvalue weighted by Crippen LogP contribution is 1.83. The number of aliphatic hydroxyl groups excluding tert-OH is 3. The number of hydrogen-bond acceptors (Lipinski definition) is 9. The highest BCUT2D eigenvalue weighted by Gasteiger charge is 1.98. The summed E-state index contributed by atoms with van der Waals surface area (Å²) >= 11 is 0. The van der Waals surface area contributed by atoms with Gasteiger partial charge in [0.25, 0.3) is 0 Å². The second kappa shape index (κ2) is 27.9. The number of nitrogens with two attached hydrogens (primary N) is 1. The Balaban J connectivity index is -0.000000256. The first-order valence-corrected chi connectivity index (χ1v) is 6.88. The van der Waals surface area contributed by atoms with Crippen molar-refractivity contribution in [3.8, 4) is 0 Å². The Morgan fingerprint density at radius 3 is 1.57 bits per heavy atom. The maximum atomic E-state index is 10.1. The third-order valence-electron chi connectivity index (χ3n) is 1.93. The van der Waals surface area contributed by atoms with Crippen molar-refractivity contribution in [3.63, 3.8) is 0 Å². The van der Waals surface area contributed by atoms with E-state index in [-0.39, 0.29) is 46.2 Å². The van der Waals surface area contributed by atoms with Crippen LogP contribution in [0.3, 0.4) is 0 Å². The van der Waals surface area contributed by atoms with Crippen molar-refractivity contribution in [2.45, 2.75) is 0 Å². The minimum absolute atomic E-state index is 0.0417. The van der Waals surface area contributed by atoms with Gasteiger partial charge in [0, 0.05) is 19.6 Å². The molecule has 0 rings (SSSR count). The van der Waals surface area contributed by atoms with Gasteiger partial charge < -0.3 is 46.6 Å². The average molecular weight is 312 g/mol. The third-order valence-corrected chi connectivity index (χ3v) is 1.93. The summed E-state index contributed by atoms with van der Waals surface area (Å²) in [5.41, 5.74) is 4.72. The van der Waals surface area contributed by atoms with Crippen molar-refractivity contribution in [3.05, 3.63) is 0 Å². The summed E-state index contributed by atoms with van der Waals surface area (Å²) in [6.07, 6.45) is 0. The Morgan fingerprint density at radius 1 is 0.762 bits per heavy atom. The molecular weight excluding hydrogens is 282 g/mol. The van der Waals surface area contributed by atoms with Gasteiger partial charge in [-0.3, -0.25) is 0 Å². The van der Waals surface area contributed by atoms with Crippen LogP contribution in [0.4, 0.5) is 0 Å². The van der Waals surface area contributed by atoms with E-state index in [0.29, 0.717) is 32.7 Å². The van der Waals surface area contributed by atoms with Crippen LogP contribution in [0.1, 0.15) is 0 Å². The summed E-state index contributed by atoms with van der Waals surface area (Å²) in [4.78, 5) is 1.73.